The Labute approximate surface area is 229 Å². The molecule has 0 saturated carbocycles. The molecule has 1 aromatic carbocycles. The van der Waals surface area contributed by atoms with E-state index in [2.05, 4.69) is 15.2 Å². The zero-order valence-corrected chi connectivity index (χ0v) is 22.5. The van der Waals surface area contributed by atoms with E-state index in [-0.39, 0.29) is 17.9 Å². The van der Waals surface area contributed by atoms with Gasteiger partial charge in [-0.3, -0.25) is 4.79 Å². The van der Waals surface area contributed by atoms with Crippen LogP contribution in [0.2, 0.25) is 0 Å². The number of hydrogen-bond acceptors (Lipinski definition) is 8. The summed E-state index contributed by atoms with van der Waals surface area (Å²) in [6.07, 6.45) is 5.08. The van der Waals surface area contributed by atoms with Gasteiger partial charge in [-0.25, -0.2) is 18.6 Å². The molecule has 1 aliphatic heterocycles. The van der Waals surface area contributed by atoms with Crippen LogP contribution in [0.15, 0.2) is 47.4 Å². The second kappa shape index (κ2) is 10.2. The SMILES string of the molecule is Cc1noc(C)c1CN(C)C(=O)c1cc(-c2cc(-n3ccc(C4CCOCC4)n3)c3c(N)ncnn23)ccc1F. The zero-order valence-electron chi connectivity index (χ0n) is 22.5. The lowest BCUT2D eigenvalue weighted by Crippen LogP contribution is -2.27. The molecule has 206 valence electrons. The number of halogens is 1. The van der Waals surface area contributed by atoms with Crippen LogP contribution < -0.4 is 5.73 Å². The Morgan fingerprint density at radius 2 is 2.00 bits per heavy atom. The molecule has 5 aromatic rings. The van der Waals surface area contributed by atoms with Gasteiger partial charge in [-0.1, -0.05) is 5.16 Å². The summed E-state index contributed by atoms with van der Waals surface area (Å²) >= 11 is 0. The summed E-state index contributed by atoms with van der Waals surface area (Å²) in [5.41, 5.74) is 11.1. The number of ether oxygens (including phenoxy) is 1. The van der Waals surface area contributed by atoms with E-state index in [0.29, 0.717) is 39.8 Å². The van der Waals surface area contributed by atoms with Crippen LogP contribution in [0.1, 0.15) is 51.8 Å². The third kappa shape index (κ3) is 4.49. The van der Waals surface area contributed by atoms with E-state index in [1.807, 2.05) is 18.3 Å². The van der Waals surface area contributed by atoms with Crippen molar-refractivity contribution in [1.82, 2.24) is 34.4 Å². The number of benzene rings is 1. The van der Waals surface area contributed by atoms with Crippen LogP contribution in [-0.2, 0) is 11.3 Å². The van der Waals surface area contributed by atoms with Gasteiger partial charge in [-0.15, -0.1) is 0 Å². The van der Waals surface area contributed by atoms with Crippen molar-refractivity contribution in [3.8, 4) is 16.9 Å². The molecule has 6 rings (SSSR count). The Balaban J connectivity index is 1.38. The first kappa shape index (κ1) is 25.7. The fourth-order valence-electron chi connectivity index (χ4n) is 5.20. The van der Waals surface area contributed by atoms with Crippen LogP contribution in [-0.4, -0.2) is 60.6 Å². The minimum atomic E-state index is -0.622. The summed E-state index contributed by atoms with van der Waals surface area (Å²) in [7, 11) is 1.62. The van der Waals surface area contributed by atoms with Gasteiger partial charge in [0.25, 0.3) is 5.91 Å². The number of nitrogens with two attached hydrogens (primary N) is 1. The summed E-state index contributed by atoms with van der Waals surface area (Å²) < 4.78 is 29.1. The Kier molecular flexibility index (Phi) is 6.54. The van der Waals surface area contributed by atoms with Crippen LogP contribution in [0.3, 0.4) is 0 Å². The first-order chi connectivity index (χ1) is 19.3. The molecule has 5 heterocycles. The van der Waals surface area contributed by atoms with Gasteiger partial charge in [-0.05, 0) is 57.0 Å². The van der Waals surface area contributed by atoms with E-state index in [1.54, 1.807) is 36.2 Å². The topological polar surface area (TPSA) is 130 Å². The maximum absolute atomic E-state index is 15.0. The lowest BCUT2D eigenvalue weighted by Gasteiger charge is -2.19. The van der Waals surface area contributed by atoms with Crippen LogP contribution in [0.25, 0.3) is 22.5 Å². The molecule has 2 N–H and O–H groups in total. The molecule has 0 bridgehead atoms. The number of rotatable bonds is 6. The number of carbonyl (C=O) groups is 1. The lowest BCUT2D eigenvalue weighted by molar-refractivity contribution is 0.0780. The average Bonchev–Trinajstić information content (AvgIpc) is 3.68. The fraction of sp³-hybridized carbons (Fsp3) is 0.321. The number of amides is 1. The molecule has 1 amide bonds. The number of aryl methyl sites for hydroxylation is 2. The van der Waals surface area contributed by atoms with E-state index in [9.17, 15) is 4.79 Å². The standard InChI is InChI=1S/C28H29FN8O3/c1-16-21(17(2)40-34-16)14-35(3)28(38)20-12-19(4-5-22(20)29)24-13-25(26-27(30)31-15-32-37(24)26)36-9-6-23(33-36)18-7-10-39-11-8-18/h4-6,9,12-13,15,18H,7-8,10-11,14H2,1-3H3,(H2,30,31,32). The van der Waals surface area contributed by atoms with Gasteiger partial charge in [0.2, 0.25) is 0 Å². The normalized spacial score (nSPS) is 14.2. The van der Waals surface area contributed by atoms with E-state index >= 15 is 4.39 Å². The quantitative estimate of drug-likeness (QED) is 0.339. The van der Waals surface area contributed by atoms with Crippen molar-refractivity contribution in [2.45, 2.75) is 39.2 Å². The molecule has 12 heteroatoms. The third-order valence-corrected chi connectivity index (χ3v) is 7.47. The van der Waals surface area contributed by atoms with Gasteiger partial charge in [-0.2, -0.15) is 10.2 Å². The minimum absolute atomic E-state index is 0.0637. The predicted molar refractivity (Wildman–Crippen MR) is 144 cm³/mol. The van der Waals surface area contributed by atoms with Crippen LogP contribution in [0.4, 0.5) is 10.2 Å². The molecule has 0 radical (unpaired) electrons. The smallest absolute Gasteiger partial charge is 0.256 e. The van der Waals surface area contributed by atoms with Crippen LogP contribution in [0.5, 0.6) is 0 Å². The molecular formula is C28H29FN8O3. The summed E-state index contributed by atoms with van der Waals surface area (Å²) in [4.78, 5) is 19.0. The molecule has 0 atom stereocenters. The highest BCUT2D eigenvalue weighted by atomic mass is 19.1. The molecule has 0 unspecified atom stereocenters. The van der Waals surface area contributed by atoms with Crippen molar-refractivity contribution < 1.29 is 18.4 Å². The maximum Gasteiger partial charge on any atom is 0.256 e. The van der Waals surface area contributed by atoms with Crippen molar-refractivity contribution in [2.75, 3.05) is 26.0 Å². The first-order valence-corrected chi connectivity index (χ1v) is 13.0. The van der Waals surface area contributed by atoms with Crippen LogP contribution >= 0.6 is 0 Å². The predicted octanol–water partition coefficient (Wildman–Crippen LogP) is 4.07. The van der Waals surface area contributed by atoms with Crippen molar-refractivity contribution >= 4 is 17.2 Å². The highest BCUT2D eigenvalue weighted by molar-refractivity contribution is 5.96. The van der Waals surface area contributed by atoms with Crippen LogP contribution in [0, 0.1) is 19.7 Å². The third-order valence-electron chi connectivity index (χ3n) is 7.47. The first-order valence-electron chi connectivity index (χ1n) is 13.0. The monoisotopic (exact) mass is 544 g/mol. The highest BCUT2D eigenvalue weighted by Gasteiger charge is 2.24. The Morgan fingerprint density at radius 3 is 2.75 bits per heavy atom. The molecule has 4 aromatic heterocycles. The van der Waals surface area contributed by atoms with Gasteiger partial charge >= 0.3 is 0 Å². The lowest BCUT2D eigenvalue weighted by atomic mass is 9.97. The number of carbonyl (C=O) groups excluding carboxylic acids is 1. The van der Waals surface area contributed by atoms with Gasteiger partial charge in [0.15, 0.2) is 5.82 Å². The Morgan fingerprint density at radius 1 is 1.20 bits per heavy atom. The van der Waals surface area contributed by atoms with E-state index in [4.69, 9.17) is 20.1 Å². The average molecular weight is 545 g/mol. The van der Waals surface area contributed by atoms with Gasteiger partial charge in [0.1, 0.15) is 23.4 Å². The van der Waals surface area contributed by atoms with Gasteiger partial charge < -0.3 is 19.9 Å². The summed E-state index contributed by atoms with van der Waals surface area (Å²) in [6, 6.07) is 8.30. The van der Waals surface area contributed by atoms with Crippen molar-refractivity contribution in [3.05, 3.63) is 76.9 Å². The zero-order chi connectivity index (χ0) is 28.0. The summed E-state index contributed by atoms with van der Waals surface area (Å²) in [5.74, 6) is 0.127. The Hall–Kier alpha value is -4.58. The molecule has 1 aliphatic rings. The second-order valence-electron chi connectivity index (χ2n) is 10.1. The maximum atomic E-state index is 15.0. The van der Waals surface area contributed by atoms with Gasteiger partial charge in [0.05, 0.1) is 34.9 Å². The summed E-state index contributed by atoms with van der Waals surface area (Å²) in [5, 5.41) is 13.2. The summed E-state index contributed by atoms with van der Waals surface area (Å²) in [6.45, 7) is 5.26. The molecule has 0 aliphatic carbocycles. The molecule has 40 heavy (non-hydrogen) atoms. The molecule has 1 saturated heterocycles. The molecule has 11 nitrogen and oxygen atoms in total. The number of aromatic nitrogens is 6. The highest BCUT2D eigenvalue weighted by Crippen LogP contribution is 2.33. The number of nitrogen functional groups attached to an aromatic ring is 1. The van der Waals surface area contributed by atoms with Crippen molar-refractivity contribution in [2.24, 2.45) is 0 Å². The van der Waals surface area contributed by atoms with Crippen molar-refractivity contribution in [3.63, 3.8) is 0 Å². The molecular weight excluding hydrogens is 515 g/mol. The molecule has 0 spiro atoms. The second-order valence-corrected chi connectivity index (χ2v) is 10.1. The fourth-order valence-corrected chi connectivity index (χ4v) is 5.20. The Bertz CT molecular complexity index is 1700. The number of hydrogen-bond donors (Lipinski definition) is 1. The number of anilines is 1. The molecule has 1 fully saturated rings. The number of nitrogens with zero attached hydrogens (tertiary/aromatic N) is 7. The van der Waals surface area contributed by atoms with E-state index in [1.165, 1.54) is 23.4 Å². The van der Waals surface area contributed by atoms with E-state index in [0.717, 1.165) is 37.3 Å². The van der Waals surface area contributed by atoms with Gasteiger partial charge in [0, 0.05) is 43.5 Å². The van der Waals surface area contributed by atoms with Crippen molar-refractivity contribution in [1.29, 1.82) is 0 Å². The minimum Gasteiger partial charge on any atom is -0.382 e. The van der Waals surface area contributed by atoms with E-state index < -0.39 is 11.7 Å². The largest absolute Gasteiger partial charge is 0.382 e. The number of fused-ring (bicyclic) bond motifs is 1.